The Morgan fingerprint density at radius 1 is 0.656 bits per heavy atom. The van der Waals surface area contributed by atoms with Gasteiger partial charge in [0, 0.05) is 0 Å². The Labute approximate surface area is 182 Å². The molecule has 0 N–H and O–H groups in total. The summed E-state index contributed by atoms with van der Waals surface area (Å²) in [5.74, 6) is -4.10. The molecule has 3 aromatic rings. The molecule has 0 spiro atoms. The summed E-state index contributed by atoms with van der Waals surface area (Å²) in [4.78, 5) is 51.9. The first-order chi connectivity index (χ1) is 15.5. The largest absolute Gasteiger partial charge is 0.444 e. The molecule has 0 aromatic heterocycles. The van der Waals surface area contributed by atoms with Gasteiger partial charge in [-0.3, -0.25) is 9.59 Å². The predicted octanol–water partition coefficient (Wildman–Crippen LogP) is 3.15. The normalized spacial score (nSPS) is 17.8. The zero-order valence-corrected chi connectivity index (χ0v) is 16.5. The number of esters is 2. The summed E-state index contributed by atoms with van der Waals surface area (Å²) in [5, 5.41) is 0. The van der Waals surface area contributed by atoms with Gasteiger partial charge in [-0.25, -0.2) is 18.9 Å². The van der Waals surface area contributed by atoms with Gasteiger partial charge < -0.3 is 9.47 Å². The molecule has 0 saturated carbocycles. The maximum atomic E-state index is 13.3. The van der Waals surface area contributed by atoms with Crippen LogP contribution in [0.3, 0.4) is 0 Å². The van der Waals surface area contributed by atoms with Crippen molar-refractivity contribution in [3.05, 3.63) is 102 Å². The van der Waals surface area contributed by atoms with E-state index in [1.807, 2.05) is 0 Å². The predicted molar refractivity (Wildman–Crippen MR) is 110 cm³/mol. The molecule has 8 heteroatoms. The number of rotatable bonds is 5. The third kappa shape index (κ3) is 4.11. The summed E-state index contributed by atoms with van der Waals surface area (Å²) < 4.78 is 23.9. The molecular weight excluding hydrogens is 417 g/mol. The average molecular weight is 433 g/mol. The second kappa shape index (κ2) is 8.81. The van der Waals surface area contributed by atoms with Crippen molar-refractivity contribution in [2.75, 3.05) is 4.90 Å². The third-order valence-electron chi connectivity index (χ3n) is 4.77. The molecule has 1 aliphatic heterocycles. The SMILES string of the molecule is O=C(O[C@H]1C(=O)N(c2ccc(F)cc2)C(=O)[C@@H]1OC(=O)c1ccccc1)c1ccccc1. The number of benzene rings is 3. The molecule has 1 saturated heterocycles. The summed E-state index contributed by atoms with van der Waals surface area (Å²) in [6.45, 7) is 0. The van der Waals surface area contributed by atoms with Crippen LogP contribution in [-0.4, -0.2) is 36.0 Å². The molecule has 32 heavy (non-hydrogen) atoms. The Morgan fingerprint density at radius 3 is 1.47 bits per heavy atom. The van der Waals surface area contributed by atoms with Crippen molar-refractivity contribution in [1.82, 2.24) is 0 Å². The Kier molecular flexibility index (Phi) is 5.76. The Morgan fingerprint density at radius 2 is 1.06 bits per heavy atom. The molecule has 2 amide bonds. The van der Waals surface area contributed by atoms with Crippen LogP contribution in [0.2, 0.25) is 0 Å². The maximum Gasteiger partial charge on any atom is 0.339 e. The van der Waals surface area contributed by atoms with E-state index in [4.69, 9.17) is 9.47 Å². The van der Waals surface area contributed by atoms with E-state index in [1.165, 1.54) is 36.4 Å². The molecule has 1 aliphatic rings. The first-order valence-electron chi connectivity index (χ1n) is 9.61. The van der Waals surface area contributed by atoms with E-state index in [-0.39, 0.29) is 16.8 Å². The van der Waals surface area contributed by atoms with Gasteiger partial charge in [-0.05, 0) is 48.5 Å². The smallest absolute Gasteiger partial charge is 0.339 e. The summed E-state index contributed by atoms with van der Waals surface area (Å²) in [7, 11) is 0. The fraction of sp³-hybridized carbons (Fsp3) is 0.0833. The number of halogens is 1. The molecule has 7 nitrogen and oxygen atoms in total. The molecule has 4 rings (SSSR count). The molecule has 2 atom stereocenters. The summed E-state index contributed by atoms with van der Waals surface area (Å²) in [6.07, 6.45) is -3.40. The molecule has 1 fully saturated rings. The van der Waals surface area contributed by atoms with E-state index >= 15 is 0 Å². The van der Waals surface area contributed by atoms with Crippen LogP contribution in [0, 0.1) is 5.82 Å². The number of anilines is 1. The van der Waals surface area contributed by atoms with Gasteiger partial charge in [-0.15, -0.1) is 0 Å². The fourth-order valence-electron chi connectivity index (χ4n) is 3.21. The van der Waals surface area contributed by atoms with Crippen molar-refractivity contribution in [1.29, 1.82) is 0 Å². The van der Waals surface area contributed by atoms with Gasteiger partial charge in [-0.2, -0.15) is 0 Å². The molecule has 0 unspecified atom stereocenters. The zero-order valence-electron chi connectivity index (χ0n) is 16.5. The van der Waals surface area contributed by atoms with Gasteiger partial charge in [0.2, 0.25) is 12.2 Å². The topological polar surface area (TPSA) is 90.0 Å². The van der Waals surface area contributed by atoms with Gasteiger partial charge in [-0.1, -0.05) is 36.4 Å². The monoisotopic (exact) mass is 433 g/mol. The number of imide groups is 1. The average Bonchev–Trinajstić information content (AvgIpc) is 3.04. The number of hydrogen-bond donors (Lipinski definition) is 0. The highest BCUT2D eigenvalue weighted by Gasteiger charge is 2.53. The van der Waals surface area contributed by atoms with Crippen LogP contribution in [-0.2, 0) is 19.1 Å². The lowest BCUT2D eigenvalue weighted by atomic mass is 10.2. The van der Waals surface area contributed by atoms with Gasteiger partial charge in [0.1, 0.15) is 5.82 Å². The summed E-state index contributed by atoms with van der Waals surface area (Å²) in [5.41, 5.74) is 0.364. The second-order valence-corrected chi connectivity index (χ2v) is 6.87. The van der Waals surface area contributed by atoms with Crippen LogP contribution in [0.5, 0.6) is 0 Å². The van der Waals surface area contributed by atoms with E-state index in [0.717, 1.165) is 12.1 Å². The van der Waals surface area contributed by atoms with Crippen LogP contribution >= 0.6 is 0 Å². The molecule has 0 aliphatic carbocycles. The van der Waals surface area contributed by atoms with Crippen molar-refractivity contribution in [3.63, 3.8) is 0 Å². The second-order valence-electron chi connectivity index (χ2n) is 6.87. The van der Waals surface area contributed by atoms with E-state index in [2.05, 4.69) is 0 Å². The van der Waals surface area contributed by atoms with Crippen LogP contribution in [0.1, 0.15) is 20.7 Å². The molecule has 0 radical (unpaired) electrons. The lowest BCUT2D eigenvalue weighted by Crippen LogP contribution is -2.37. The van der Waals surface area contributed by atoms with Crippen LogP contribution in [0.4, 0.5) is 10.1 Å². The molecule has 160 valence electrons. The van der Waals surface area contributed by atoms with Crippen molar-refractivity contribution in [2.24, 2.45) is 0 Å². The van der Waals surface area contributed by atoms with Crippen LogP contribution < -0.4 is 4.90 Å². The summed E-state index contributed by atoms with van der Waals surface area (Å²) in [6, 6.07) is 20.3. The lowest BCUT2D eigenvalue weighted by molar-refractivity contribution is -0.130. The molecular formula is C24H16FNO6. The van der Waals surface area contributed by atoms with Crippen LogP contribution in [0.25, 0.3) is 0 Å². The van der Waals surface area contributed by atoms with Crippen molar-refractivity contribution in [2.45, 2.75) is 12.2 Å². The number of carbonyl (C=O) groups excluding carboxylic acids is 4. The van der Waals surface area contributed by atoms with Gasteiger partial charge >= 0.3 is 11.9 Å². The number of hydrogen-bond acceptors (Lipinski definition) is 6. The first kappa shape index (κ1) is 20.9. The highest BCUT2D eigenvalue weighted by atomic mass is 19.1. The van der Waals surface area contributed by atoms with Gasteiger partial charge in [0.15, 0.2) is 0 Å². The highest BCUT2D eigenvalue weighted by Crippen LogP contribution is 2.28. The Balaban J connectivity index is 1.65. The minimum absolute atomic E-state index is 0.0559. The Bertz CT molecular complexity index is 1090. The number of amides is 2. The first-order valence-corrected chi connectivity index (χ1v) is 9.61. The Hall–Kier alpha value is -4.33. The third-order valence-corrected chi connectivity index (χ3v) is 4.77. The standard InChI is InChI=1S/C24H16FNO6/c25-17-11-13-18(14-12-17)26-21(27)19(31-23(29)15-7-3-1-4-8-15)20(22(26)28)32-24(30)16-9-5-2-6-10-16/h1-14,19-20H/t19-,20-/m1/s1. The number of nitrogens with zero attached hydrogens (tertiary/aromatic N) is 1. The fourth-order valence-corrected chi connectivity index (χ4v) is 3.21. The van der Waals surface area contributed by atoms with Gasteiger partial charge in [0.05, 0.1) is 16.8 Å². The highest BCUT2D eigenvalue weighted by molar-refractivity contribution is 6.25. The number of carbonyl (C=O) groups is 4. The van der Waals surface area contributed by atoms with Crippen molar-refractivity contribution >= 4 is 29.4 Å². The minimum Gasteiger partial charge on any atom is -0.444 e. The molecule has 3 aromatic carbocycles. The van der Waals surface area contributed by atoms with Gasteiger partial charge in [0.25, 0.3) is 11.8 Å². The quantitative estimate of drug-likeness (QED) is 0.454. The molecule has 0 bridgehead atoms. The van der Waals surface area contributed by atoms with Crippen molar-refractivity contribution < 1.29 is 33.0 Å². The van der Waals surface area contributed by atoms with E-state index < -0.39 is 41.8 Å². The molecule has 1 heterocycles. The van der Waals surface area contributed by atoms with E-state index in [1.54, 1.807) is 36.4 Å². The summed E-state index contributed by atoms with van der Waals surface area (Å²) >= 11 is 0. The number of ether oxygens (including phenoxy) is 2. The van der Waals surface area contributed by atoms with Crippen molar-refractivity contribution in [3.8, 4) is 0 Å². The van der Waals surface area contributed by atoms with E-state index in [0.29, 0.717) is 4.90 Å². The minimum atomic E-state index is -1.70. The van der Waals surface area contributed by atoms with E-state index in [9.17, 15) is 23.6 Å². The van der Waals surface area contributed by atoms with Crippen LogP contribution in [0.15, 0.2) is 84.9 Å². The lowest BCUT2D eigenvalue weighted by Gasteiger charge is -2.16. The maximum absolute atomic E-state index is 13.3. The zero-order chi connectivity index (χ0) is 22.7.